The molecule has 282 valence electrons. The van der Waals surface area contributed by atoms with Gasteiger partial charge in [0.15, 0.2) is 0 Å². The van der Waals surface area contributed by atoms with Gasteiger partial charge in [0.25, 0.3) is 0 Å². The van der Waals surface area contributed by atoms with E-state index in [1.54, 1.807) is 0 Å². The smallest absolute Gasteiger partial charge is 0.0560 e. The van der Waals surface area contributed by atoms with Gasteiger partial charge in [-0.05, 0) is 134 Å². The lowest BCUT2D eigenvalue weighted by Crippen LogP contribution is -2.11. The van der Waals surface area contributed by atoms with Gasteiger partial charge in [-0.25, -0.2) is 0 Å². The van der Waals surface area contributed by atoms with Crippen molar-refractivity contribution in [3.8, 4) is 39.1 Å². The Kier molecular flexibility index (Phi) is 7.29. The molecule has 2 aliphatic carbocycles. The van der Waals surface area contributed by atoms with E-state index in [2.05, 4.69) is 209 Å². The van der Waals surface area contributed by atoms with Crippen molar-refractivity contribution in [1.29, 1.82) is 0 Å². The van der Waals surface area contributed by atoms with E-state index in [1.807, 2.05) is 0 Å². The number of para-hydroxylation sites is 1. The molecule has 2 heterocycles. The van der Waals surface area contributed by atoms with Crippen LogP contribution < -0.4 is 0 Å². The Morgan fingerprint density at radius 1 is 0.417 bits per heavy atom. The van der Waals surface area contributed by atoms with E-state index in [4.69, 9.17) is 0 Å². The first-order valence-electron chi connectivity index (χ1n) is 21.3. The van der Waals surface area contributed by atoms with Crippen LogP contribution in [-0.2, 0) is 12.8 Å². The maximum Gasteiger partial charge on any atom is 0.0560 e. The molecule has 0 amide bonds. The molecule has 1 atom stereocenters. The van der Waals surface area contributed by atoms with E-state index in [9.17, 15) is 0 Å². The number of aromatic nitrogens is 2. The molecule has 2 nitrogen and oxygen atoms in total. The summed E-state index contributed by atoms with van der Waals surface area (Å²) in [6.45, 7) is 0. The second-order valence-corrected chi connectivity index (χ2v) is 16.7. The fraction of sp³-hybridized carbons (Fsp3) is 0.0690. The number of benzene rings is 9. The van der Waals surface area contributed by atoms with Crippen LogP contribution in [0.5, 0.6) is 0 Å². The fourth-order valence-electron chi connectivity index (χ4n) is 10.8. The maximum absolute atomic E-state index is 2.66. The highest BCUT2D eigenvalue weighted by Crippen LogP contribution is 2.47. The quantitative estimate of drug-likeness (QED) is 0.169. The molecule has 1 unspecified atom stereocenters. The minimum atomic E-state index is 0.255. The Bertz CT molecular complexity index is 3620. The lowest BCUT2D eigenvalue weighted by atomic mass is 9.83. The fourth-order valence-corrected chi connectivity index (χ4v) is 10.8. The third-order valence-electron chi connectivity index (χ3n) is 13.5. The molecule has 0 N–H and O–H groups in total. The molecule has 13 rings (SSSR count). The van der Waals surface area contributed by atoms with E-state index >= 15 is 0 Å². The van der Waals surface area contributed by atoms with Gasteiger partial charge in [0.05, 0.1) is 22.6 Å². The topological polar surface area (TPSA) is 9.86 Å². The maximum atomic E-state index is 2.66. The number of rotatable bonds is 4. The summed E-state index contributed by atoms with van der Waals surface area (Å²) >= 11 is 0. The summed E-state index contributed by atoms with van der Waals surface area (Å²) in [6, 6.07) is 66.1. The number of hydrogen-bond acceptors (Lipinski definition) is 0. The van der Waals surface area contributed by atoms with Gasteiger partial charge in [-0.1, -0.05) is 152 Å². The summed E-state index contributed by atoms with van der Waals surface area (Å²) in [4.78, 5) is 0. The largest absolute Gasteiger partial charge is 0.333 e. The zero-order valence-electron chi connectivity index (χ0n) is 33.1. The van der Waals surface area contributed by atoms with Crippen molar-refractivity contribution in [3.63, 3.8) is 0 Å². The van der Waals surface area contributed by atoms with Gasteiger partial charge in [0, 0.05) is 32.7 Å². The molecule has 2 aromatic heterocycles. The predicted octanol–water partition coefficient (Wildman–Crippen LogP) is 15.4. The Hall–Kier alpha value is -7.42. The van der Waals surface area contributed by atoms with Crippen molar-refractivity contribution < 1.29 is 0 Å². The first kappa shape index (κ1) is 33.5. The molecule has 0 spiro atoms. The highest BCUT2D eigenvalue weighted by molar-refractivity contribution is 6.15. The summed E-state index contributed by atoms with van der Waals surface area (Å²) in [7, 11) is 0. The van der Waals surface area contributed by atoms with E-state index in [0.717, 1.165) is 19.3 Å². The van der Waals surface area contributed by atoms with Crippen molar-refractivity contribution in [2.45, 2.75) is 25.3 Å². The van der Waals surface area contributed by atoms with E-state index in [0.29, 0.717) is 0 Å². The molecule has 9 aromatic carbocycles. The lowest BCUT2D eigenvalue weighted by molar-refractivity contribution is 0.645. The summed E-state index contributed by atoms with van der Waals surface area (Å²) in [5.74, 6) is 0. The Labute approximate surface area is 348 Å². The highest BCUT2D eigenvalue weighted by atomic mass is 15.0. The number of fused-ring (bicyclic) bond motifs is 12. The van der Waals surface area contributed by atoms with Gasteiger partial charge in [0.2, 0.25) is 0 Å². The van der Waals surface area contributed by atoms with Gasteiger partial charge in [-0.15, -0.1) is 0 Å². The molecule has 0 fully saturated rings. The van der Waals surface area contributed by atoms with Gasteiger partial charge in [-0.3, -0.25) is 0 Å². The van der Waals surface area contributed by atoms with Crippen LogP contribution in [0.15, 0.2) is 200 Å². The van der Waals surface area contributed by atoms with Crippen molar-refractivity contribution in [2.24, 2.45) is 0 Å². The van der Waals surface area contributed by atoms with Gasteiger partial charge >= 0.3 is 0 Å². The molecule has 0 radical (unpaired) electrons. The minimum absolute atomic E-state index is 0.255. The number of allylic oxidation sites excluding steroid dienone is 4. The number of hydrogen-bond donors (Lipinski definition) is 0. The van der Waals surface area contributed by atoms with E-state index in [-0.39, 0.29) is 6.04 Å². The summed E-state index contributed by atoms with van der Waals surface area (Å²) in [5, 5.41) is 10.4. The zero-order chi connectivity index (χ0) is 39.3. The van der Waals surface area contributed by atoms with Crippen molar-refractivity contribution in [2.75, 3.05) is 0 Å². The van der Waals surface area contributed by atoms with Crippen LogP contribution in [0.3, 0.4) is 0 Å². The third kappa shape index (κ3) is 4.94. The lowest BCUT2D eigenvalue weighted by Gasteiger charge is -2.25. The first-order valence-corrected chi connectivity index (χ1v) is 21.3. The molecular formula is C58H40N2. The molecule has 0 aliphatic heterocycles. The normalized spacial score (nSPS) is 14.8. The van der Waals surface area contributed by atoms with Crippen LogP contribution in [0.2, 0.25) is 0 Å². The summed E-state index contributed by atoms with van der Waals surface area (Å²) in [6.07, 6.45) is 12.1. The van der Waals surface area contributed by atoms with Gasteiger partial charge < -0.3 is 9.13 Å². The van der Waals surface area contributed by atoms with Crippen LogP contribution in [-0.4, -0.2) is 9.13 Å². The number of aryl methyl sites for hydroxylation is 2. The molecule has 0 saturated heterocycles. The van der Waals surface area contributed by atoms with Crippen LogP contribution in [0.4, 0.5) is 0 Å². The Morgan fingerprint density at radius 3 is 1.78 bits per heavy atom. The second-order valence-electron chi connectivity index (χ2n) is 16.7. The molecule has 2 heteroatoms. The standard InChI is InChI=1S/C58H40N2/c1-3-17-42(18-4-1)59-55-31-26-40(47-24-12-16-38-14-8-10-22-45(38)47)34-53(55)54-35-41-25-28-49-48(51(41)36-57(54)59)29-30-50-52-33-39(46-23-11-15-37-13-7-9-21-44(37)46)27-32-56(52)60(58(49)50)43-19-5-2-6-20-43/h1-19,21-24,26-27,29-36,43H,20,25,28H2. The van der Waals surface area contributed by atoms with Crippen LogP contribution >= 0.6 is 0 Å². The van der Waals surface area contributed by atoms with Crippen molar-refractivity contribution in [3.05, 3.63) is 211 Å². The SMILES string of the molecule is C1=CCC(n2c3ccc(-c4cccc5ccccc45)cc3c3ccc4c(c32)CCc2cc3c5cc(-c6cccc7ccccc67)ccc5n(-c5ccccc5)c3cc2-4)C=C1. The van der Waals surface area contributed by atoms with Gasteiger partial charge in [0.1, 0.15) is 0 Å². The van der Waals surface area contributed by atoms with E-state index < -0.39 is 0 Å². The monoisotopic (exact) mass is 764 g/mol. The van der Waals surface area contributed by atoms with Crippen LogP contribution in [0.1, 0.15) is 23.6 Å². The van der Waals surface area contributed by atoms with Crippen LogP contribution in [0, 0.1) is 0 Å². The highest BCUT2D eigenvalue weighted by Gasteiger charge is 2.27. The molecule has 0 bridgehead atoms. The molecular weight excluding hydrogens is 725 g/mol. The zero-order valence-corrected chi connectivity index (χ0v) is 33.1. The van der Waals surface area contributed by atoms with Crippen molar-refractivity contribution >= 4 is 65.2 Å². The van der Waals surface area contributed by atoms with E-state index in [1.165, 1.54) is 115 Å². The first-order chi connectivity index (χ1) is 29.8. The molecule has 0 saturated carbocycles. The summed E-state index contributed by atoms with van der Waals surface area (Å²) in [5.41, 5.74) is 17.0. The van der Waals surface area contributed by atoms with Gasteiger partial charge in [-0.2, -0.15) is 0 Å². The van der Waals surface area contributed by atoms with Crippen molar-refractivity contribution in [1.82, 2.24) is 9.13 Å². The Balaban J connectivity index is 1.05. The predicted molar refractivity (Wildman–Crippen MR) is 254 cm³/mol. The minimum Gasteiger partial charge on any atom is -0.333 e. The average molecular weight is 765 g/mol. The average Bonchev–Trinajstić information content (AvgIpc) is 3.82. The number of nitrogens with zero attached hydrogens (tertiary/aromatic N) is 2. The van der Waals surface area contributed by atoms with Crippen LogP contribution in [0.25, 0.3) is 104 Å². The molecule has 2 aliphatic rings. The summed E-state index contributed by atoms with van der Waals surface area (Å²) < 4.78 is 5.14. The Morgan fingerprint density at radius 2 is 1.07 bits per heavy atom. The molecule has 60 heavy (non-hydrogen) atoms. The third-order valence-corrected chi connectivity index (χ3v) is 13.5. The molecule has 11 aromatic rings. The second kappa shape index (κ2) is 13.0.